The zero-order chi connectivity index (χ0) is 21.1. The van der Waals surface area contributed by atoms with Gasteiger partial charge in [0, 0.05) is 25.7 Å². The zero-order valence-electron chi connectivity index (χ0n) is 17.0. The van der Waals surface area contributed by atoms with Crippen molar-refractivity contribution in [1.29, 1.82) is 0 Å². The Balaban J connectivity index is 2.22. The standard InChI is InChI=1S/C19H28N2O6S/c1-14-6-7-15(28(24,25)21-8-10-26-11-9-21)12-16(14)18(23)20(5)13-17(22)27-19(2,3)4/h6-7,12H,8-11,13H2,1-5H3. The van der Waals surface area contributed by atoms with Gasteiger partial charge in [0.25, 0.3) is 5.91 Å². The molecule has 0 bridgehead atoms. The van der Waals surface area contributed by atoms with E-state index in [-0.39, 0.29) is 30.1 Å². The molecule has 0 radical (unpaired) electrons. The number of hydrogen-bond acceptors (Lipinski definition) is 6. The molecule has 1 fully saturated rings. The lowest BCUT2D eigenvalue weighted by Gasteiger charge is -2.26. The average molecular weight is 413 g/mol. The van der Waals surface area contributed by atoms with E-state index in [0.717, 1.165) is 0 Å². The molecule has 1 aromatic carbocycles. The highest BCUT2D eigenvalue weighted by Gasteiger charge is 2.28. The van der Waals surface area contributed by atoms with Crippen LogP contribution in [-0.2, 0) is 24.3 Å². The van der Waals surface area contributed by atoms with Crippen LogP contribution in [0.5, 0.6) is 0 Å². The van der Waals surface area contributed by atoms with Gasteiger partial charge in [0.1, 0.15) is 12.1 Å². The minimum atomic E-state index is -3.72. The van der Waals surface area contributed by atoms with Crippen molar-refractivity contribution in [2.75, 3.05) is 39.9 Å². The first-order valence-corrected chi connectivity index (χ1v) is 10.5. The number of carbonyl (C=O) groups is 2. The van der Waals surface area contributed by atoms with Gasteiger partial charge in [-0.15, -0.1) is 0 Å². The highest BCUT2D eigenvalue weighted by molar-refractivity contribution is 7.89. The maximum Gasteiger partial charge on any atom is 0.326 e. The van der Waals surface area contributed by atoms with Crippen molar-refractivity contribution in [2.24, 2.45) is 0 Å². The zero-order valence-corrected chi connectivity index (χ0v) is 17.8. The van der Waals surface area contributed by atoms with Crippen LogP contribution >= 0.6 is 0 Å². The molecule has 8 nitrogen and oxygen atoms in total. The largest absolute Gasteiger partial charge is 0.459 e. The van der Waals surface area contributed by atoms with Crippen molar-refractivity contribution in [1.82, 2.24) is 9.21 Å². The summed E-state index contributed by atoms with van der Waals surface area (Å²) in [5, 5.41) is 0. The fourth-order valence-electron chi connectivity index (χ4n) is 2.77. The van der Waals surface area contributed by atoms with Crippen LogP contribution in [0.1, 0.15) is 36.7 Å². The highest BCUT2D eigenvalue weighted by atomic mass is 32.2. The van der Waals surface area contributed by atoms with Crippen molar-refractivity contribution in [3.63, 3.8) is 0 Å². The molecular weight excluding hydrogens is 384 g/mol. The van der Waals surface area contributed by atoms with Gasteiger partial charge in [0.05, 0.1) is 18.1 Å². The minimum Gasteiger partial charge on any atom is -0.459 e. The first-order valence-electron chi connectivity index (χ1n) is 9.07. The number of likely N-dealkylation sites (N-methyl/N-ethyl adjacent to an activating group) is 1. The van der Waals surface area contributed by atoms with Crippen LogP contribution in [0.2, 0.25) is 0 Å². The summed E-state index contributed by atoms with van der Waals surface area (Å²) in [5.74, 6) is -0.972. The van der Waals surface area contributed by atoms with Crippen LogP contribution in [-0.4, -0.2) is 75.0 Å². The molecule has 0 unspecified atom stereocenters. The van der Waals surface area contributed by atoms with E-state index < -0.39 is 27.5 Å². The van der Waals surface area contributed by atoms with Gasteiger partial charge in [0.15, 0.2) is 0 Å². The lowest BCUT2D eigenvalue weighted by molar-refractivity contribution is -0.155. The monoisotopic (exact) mass is 412 g/mol. The van der Waals surface area contributed by atoms with Crippen molar-refractivity contribution in [3.05, 3.63) is 29.3 Å². The van der Waals surface area contributed by atoms with Gasteiger partial charge in [0.2, 0.25) is 10.0 Å². The van der Waals surface area contributed by atoms with Crippen molar-refractivity contribution < 1.29 is 27.5 Å². The molecule has 0 N–H and O–H groups in total. The molecule has 2 rings (SSSR count). The number of nitrogens with zero attached hydrogens (tertiary/aromatic N) is 2. The van der Waals surface area contributed by atoms with Crippen molar-refractivity contribution in [3.8, 4) is 0 Å². The number of benzene rings is 1. The second-order valence-electron chi connectivity index (χ2n) is 7.74. The van der Waals surface area contributed by atoms with Crippen LogP contribution in [0.4, 0.5) is 0 Å². The number of ether oxygens (including phenoxy) is 2. The third kappa shape index (κ3) is 5.52. The van der Waals surface area contributed by atoms with E-state index in [0.29, 0.717) is 18.8 Å². The maximum atomic E-state index is 12.8. The number of sulfonamides is 1. The molecule has 0 aromatic heterocycles. The molecule has 1 amide bonds. The summed E-state index contributed by atoms with van der Waals surface area (Å²) in [4.78, 5) is 26.1. The molecule has 1 aliphatic rings. The summed E-state index contributed by atoms with van der Waals surface area (Å²) in [6.45, 7) is 7.97. The smallest absolute Gasteiger partial charge is 0.326 e. The summed E-state index contributed by atoms with van der Waals surface area (Å²) in [6, 6.07) is 4.46. The lowest BCUT2D eigenvalue weighted by atomic mass is 10.1. The number of morpholine rings is 1. The molecule has 0 atom stereocenters. The normalized spacial score (nSPS) is 15.9. The Hall–Kier alpha value is -1.97. The van der Waals surface area contributed by atoms with Gasteiger partial charge in [-0.05, 0) is 45.4 Å². The number of carbonyl (C=O) groups excluding carboxylic acids is 2. The van der Waals surface area contributed by atoms with Gasteiger partial charge in [-0.3, -0.25) is 9.59 Å². The second-order valence-corrected chi connectivity index (χ2v) is 9.68. The number of esters is 1. The summed E-state index contributed by atoms with van der Waals surface area (Å²) in [5.41, 5.74) is 0.214. The Labute approximate surface area is 166 Å². The maximum absolute atomic E-state index is 12.8. The predicted molar refractivity (Wildman–Crippen MR) is 104 cm³/mol. The number of hydrogen-bond donors (Lipinski definition) is 0. The van der Waals surface area contributed by atoms with E-state index in [1.165, 1.54) is 28.4 Å². The van der Waals surface area contributed by atoms with Crippen LogP contribution < -0.4 is 0 Å². The van der Waals surface area contributed by atoms with Gasteiger partial charge in [-0.25, -0.2) is 8.42 Å². The van der Waals surface area contributed by atoms with Crippen LogP contribution in [0.15, 0.2) is 23.1 Å². The molecule has 0 spiro atoms. The summed E-state index contributed by atoms with van der Waals surface area (Å²) in [6.07, 6.45) is 0. The van der Waals surface area contributed by atoms with E-state index in [2.05, 4.69) is 0 Å². The topological polar surface area (TPSA) is 93.2 Å². The van der Waals surface area contributed by atoms with Crippen LogP contribution in [0.25, 0.3) is 0 Å². The molecule has 0 aliphatic carbocycles. The van der Waals surface area contributed by atoms with Gasteiger partial charge < -0.3 is 14.4 Å². The average Bonchev–Trinajstić information content (AvgIpc) is 2.60. The van der Waals surface area contributed by atoms with E-state index in [1.54, 1.807) is 33.8 Å². The minimum absolute atomic E-state index is 0.0500. The third-order valence-electron chi connectivity index (χ3n) is 4.18. The predicted octanol–water partition coefficient (Wildman–Crippen LogP) is 1.43. The molecule has 9 heteroatoms. The highest BCUT2D eigenvalue weighted by Crippen LogP contribution is 2.21. The van der Waals surface area contributed by atoms with Gasteiger partial charge >= 0.3 is 5.97 Å². The Morgan fingerprint density at radius 1 is 1.21 bits per heavy atom. The van der Waals surface area contributed by atoms with Crippen molar-refractivity contribution >= 4 is 21.9 Å². The number of amides is 1. The third-order valence-corrected chi connectivity index (χ3v) is 6.07. The Kier molecular flexibility index (Phi) is 6.84. The Morgan fingerprint density at radius 3 is 2.39 bits per heavy atom. The van der Waals surface area contributed by atoms with Gasteiger partial charge in [-0.1, -0.05) is 6.07 Å². The molecule has 1 aliphatic heterocycles. The summed E-state index contributed by atoms with van der Waals surface area (Å²) in [7, 11) is -2.24. The fraction of sp³-hybridized carbons (Fsp3) is 0.579. The second kappa shape index (κ2) is 8.59. The van der Waals surface area contributed by atoms with Crippen molar-refractivity contribution in [2.45, 2.75) is 38.2 Å². The lowest BCUT2D eigenvalue weighted by Crippen LogP contribution is -2.40. The molecule has 156 valence electrons. The van der Waals surface area contributed by atoms with E-state index in [4.69, 9.17) is 9.47 Å². The number of rotatable bonds is 5. The molecule has 1 saturated heterocycles. The van der Waals surface area contributed by atoms with E-state index in [1.807, 2.05) is 0 Å². The molecule has 1 aromatic rings. The molecular formula is C19H28N2O6S. The Bertz CT molecular complexity index is 838. The number of aryl methyl sites for hydroxylation is 1. The molecule has 28 heavy (non-hydrogen) atoms. The first-order chi connectivity index (χ1) is 12.9. The quantitative estimate of drug-likeness (QED) is 0.679. The first kappa shape index (κ1) is 22.3. The molecule has 0 saturated carbocycles. The fourth-order valence-corrected chi connectivity index (χ4v) is 4.21. The summed E-state index contributed by atoms with van der Waals surface area (Å²) >= 11 is 0. The Morgan fingerprint density at radius 2 is 1.82 bits per heavy atom. The van der Waals surface area contributed by atoms with Crippen LogP contribution in [0.3, 0.4) is 0 Å². The van der Waals surface area contributed by atoms with Crippen LogP contribution in [0, 0.1) is 6.92 Å². The van der Waals surface area contributed by atoms with E-state index >= 15 is 0 Å². The van der Waals surface area contributed by atoms with Gasteiger partial charge in [-0.2, -0.15) is 4.31 Å². The summed E-state index contributed by atoms with van der Waals surface area (Å²) < 4.78 is 37.5. The molecule has 1 heterocycles. The SMILES string of the molecule is Cc1ccc(S(=O)(=O)N2CCOCC2)cc1C(=O)N(C)CC(=O)OC(C)(C)C. The van der Waals surface area contributed by atoms with E-state index in [9.17, 15) is 18.0 Å².